The molecule has 1 aliphatic heterocycles. The summed E-state index contributed by atoms with van der Waals surface area (Å²) in [5.74, 6) is 0.253. The minimum Gasteiger partial charge on any atom is -0.366 e. The Bertz CT molecular complexity index is 1080. The molecule has 0 radical (unpaired) electrons. The molecule has 2 aromatic carbocycles. The summed E-state index contributed by atoms with van der Waals surface area (Å²) >= 11 is 0. The van der Waals surface area contributed by atoms with E-state index >= 15 is 0 Å². The molecule has 0 saturated heterocycles. The predicted molar refractivity (Wildman–Crippen MR) is 117 cm³/mol. The van der Waals surface area contributed by atoms with Gasteiger partial charge < -0.3 is 10.7 Å². The second kappa shape index (κ2) is 6.76. The van der Waals surface area contributed by atoms with Crippen LogP contribution in [-0.2, 0) is 0 Å². The van der Waals surface area contributed by atoms with Crippen molar-refractivity contribution in [1.82, 2.24) is 15.3 Å². The van der Waals surface area contributed by atoms with Gasteiger partial charge in [-0.15, -0.1) is 12.4 Å². The fourth-order valence-corrected chi connectivity index (χ4v) is 4.07. The van der Waals surface area contributed by atoms with Gasteiger partial charge in [0.15, 0.2) is 0 Å². The van der Waals surface area contributed by atoms with Crippen LogP contribution in [0.2, 0.25) is 0 Å². The summed E-state index contributed by atoms with van der Waals surface area (Å²) in [7, 11) is 0. The number of para-hydroxylation sites is 1. The first kappa shape index (κ1) is 20.1. The Kier molecular flexibility index (Phi) is 4.86. The predicted octanol–water partition coefficient (Wildman–Crippen LogP) is 4.29. The highest BCUT2D eigenvalue weighted by molar-refractivity contribution is 6.04. The Morgan fingerprint density at radius 3 is 2.21 bits per heavy atom. The second-order valence-corrected chi connectivity index (χ2v) is 8.26. The van der Waals surface area contributed by atoms with Crippen LogP contribution in [0.5, 0.6) is 0 Å². The Hall–Kier alpha value is -2.63. The minimum atomic E-state index is -0.473. The molecule has 28 heavy (non-hydrogen) atoms. The number of carbonyl (C=O) groups excluding carboxylic acids is 1. The number of aromatic amines is 1. The maximum absolute atomic E-state index is 11.6. The summed E-state index contributed by atoms with van der Waals surface area (Å²) in [6, 6.07) is 13.7. The van der Waals surface area contributed by atoms with Crippen LogP contribution >= 0.6 is 12.4 Å². The van der Waals surface area contributed by atoms with E-state index in [0.717, 1.165) is 16.9 Å². The topological polar surface area (TPSA) is 83.8 Å². The Balaban J connectivity index is 0.00000225. The van der Waals surface area contributed by atoms with Crippen LogP contribution in [0.3, 0.4) is 0 Å². The summed E-state index contributed by atoms with van der Waals surface area (Å²) in [6.45, 7) is 8.76. The summed E-state index contributed by atoms with van der Waals surface area (Å²) in [5.41, 5.74) is 10.6. The Morgan fingerprint density at radius 1 is 1.00 bits per heavy atom. The van der Waals surface area contributed by atoms with Crippen LogP contribution in [-0.4, -0.2) is 27.0 Å². The largest absolute Gasteiger partial charge is 0.366 e. The quantitative estimate of drug-likeness (QED) is 0.617. The molecule has 0 unspecified atom stereocenters. The molecule has 1 aliphatic rings. The first-order valence-corrected chi connectivity index (χ1v) is 9.08. The number of carbonyl (C=O) groups is 1. The average molecular weight is 397 g/mol. The summed E-state index contributed by atoms with van der Waals surface area (Å²) < 4.78 is 0. The van der Waals surface area contributed by atoms with E-state index < -0.39 is 5.91 Å². The molecule has 0 aliphatic carbocycles. The lowest BCUT2D eigenvalue weighted by Gasteiger charge is -2.28. The van der Waals surface area contributed by atoms with Crippen LogP contribution in [0.4, 0.5) is 0 Å². The van der Waals surface area contributed by atoms with Crippen LogP contribution in [0, 0.1) is 0 Å². The van der Waals surface area contributed by atoms with E-state index in [2.05, 4.69) is 73.3 Å². The molecule has 0 fully saturated rings. The minimum absolute atomic E-state index is 0. The molecule has 4 N–H and O–H groups in total. The highest BCUT2D eigenvalue weighted by Gasteiger charge is 2.37. The number of benzene rings is 2. The number of nitrogens with zero attached hydrogens (tertiary/aromatic N) is 1. The van der Waals surface area contributed by atoms with Gasteiger partial charge in [-0.2, -0.15) is 0 Å². The third-order valence-corrected chi connectivity index (χ3v) is 5.06. The van der Waals surface area contributed by atoms with E-state index in [1.165, 1.54) is 11.1 Å². The zero-order chi connectivity index (χ0) is 19.4. The van der Waals surface area contributed by atoms with Crippen molar-refractivity contribution in [3.05, 3.63) is 59.7 Å². The highest BCUT2D eigenvalue weighted by atomic mass is 35.5. The maximum atomic E-state index is 11.6. The molecule has 1 aromatic heterocycles. The van der Waals surface area contributed by atoms with Gasteiger partial charge in [0.1, 0.15) is 11.3 Å². The summed E-state index contributed by atoms with van der Waals surface area (Å²) in [6.07, 6.45) is 2.29. The number of amides is 1. The lowest BCUT2D eigenvalue weighted by molar-refractivity contribution is 0.100. The molecule has 4 rings (SSSR count). The van der Waals surface area contributed by atoms with Crippen molar-refractivity contribution >= 4 is 34.9 Å². The number of H-pyrrole nitrogens is 1. The van der Waals surface area contributed by atoms with Gasteiger partial charge in [-0.1, -0.05) is 36.4 Å². The van der Waals surface area contributed by atoms with E-state index in [9.17, 15) is 4.79 Å². The van der Waals surface area contributed by atoms with Crippen molar-refractivity contribution in [1.29, 1.82) is 0 Å². The Morgan fingerprint density at radius 2 is 1.64 bits per heavy atom. The number of primary amides is 1. The maximum Gasteiger partial charge on any atom is 0.250 e. The molecule has 6 heteroatoms. The van der Waals surface area contributed by atoms with Crippen molar-refractivity contribution in [2.24, 2.45) is 5.73 Å². The first-order chi connectivity index (χ1) is 12.7. The number of halogens is 1. The second-order valence-electron chi connectivity index (χ2n) is 8.26. The van der Waals surface area contributed by atoms with Crippen molar-refractivity contribution in [2.75, 3.05) is 0 Å². The summed E-state index contributed by atoms with van der Waals surface area (Å²) in [4.78, 5) is 19.5. The zero-order valence-electron chi connectivity index (χ0n) is 16.5. The van der Waals surface area contributed by atoms with Crippen LogP contribution in [0.1, 0.15) is 43.6 Å². The standard InChI is InChI=1S/C22H24N4O.ClH/c1-21(2)12-16(22(3,4)26-21)13-8-10-14(11-9-13)20-24-17-7-5-6-15(19(23)27)18(17)25-20;/h5-12,26H,1-4H3,(H2,23,27)(H,24,25);1H. The van der Waals surface area contributed by atoms with Crippen molar-refractivity contribution in [2.45, 2.75) is 38.8 Å². The van der Waals surface area contributed by atoms with Gasteiger partial charge in [0.05, 0.1) is 11.1 Å². The summed E-state index contributed by atoms with van der Waals surface area (Å²) in [5, 5.41) is 3.64. The van der Waals surface area contributed by atoms with Gasteiger partial charge in [0, 0.05) is 16.6 Å². The van der Waals surface area contributed by atoms with Gasteiger partial charge in [-0.3, -0.25) is 10.1 Å². The molecule has 1 amide bonds. The van der Waals surface area contributed by atoms with Gasteiger partial charge in [0.25, 0.3) is 5.91 Å². The van der Waals surface area contributed by atoms with Crippen molar-refractivity contribution in [3.63, 3.8) is 0 Å². The highest BCUT2D eigenvalue weighted by Crippen LogP contribution is 2.37. The fraction of sp³-hybridized carbons (Fsp3) is 0.273. The first-order valence-electron chi connectivity index (χ1n) is 9.08. The Labute approximate surface area is 170 Å². The smallest absolute Gasteiger partial charge is 0.250 e. The van der Waals surface area contributed by atoms with Crippen molar-refractivity contribution < 1.29 is 4.79 Å². The molecule has 146 valence electrons. The normalized spacial score (nSPS) is 17.2. The van der Waals surface area contributed by atoms with Crippen molar-refractivity contribution in [3.8, 4) is 11.4 Å². The SMILES string of the molecule is CC1(C)C=C(c2ccc(-c3nc4c(C(N)=O)cccc4[nH]3)cc2)C(C)(C)N1.Cl. The molecular weight excluding hydrogens is 372 g/mol. The number of rotatable bonds is 3. The van der Waals surface area contributed by atoms with E-state index in [4.69, 9.17) is 5.73 Å². The molecule has 0 atom stereocenters. The fourth-order valence-electron chi connectivity index (χ4n) is 4.07. The van der Waals surface area contributed by atoms with E-state index in [1.54, 1.807) is 12.1 Å². The van der Waals surface area contributed by atoms with Gasteiger partial charge >= 0.3 is 0 Å². The lowest BCUT2D eigenvalue weighted by Crippen LogP contribution is -2.45. The number of aromatic nitrogens is 2. The number of nitrogens with one attached hydrogen (secondary N) is 2. The van der Waals surface area contributed by atoms with Crippen LogP contribution < -0.4 is 11.1 Å². The van der Waals surface area contributed by atoms with Gasteiger partial charge in [-0.25, -0.2) is 4.98 Å². The van der Waals surface area contributed by atoms with Crippen LogP contribution in [0.15, 0.2) is 48.5 Å². The molecule has 0 spiro atoms. The molecule has 0 bridgehead atoms. The number of hydrogen-bond donors (Lipinski definition) is 3. The number of imidazole rings is 1. The van der Waals surface area contributed by atoms with E-state index in [-0.39, 0.29) is 23.5 Å². The molecular formula is C22H25ClN4O. The molecule has 2 heterocycles. The monoisotopic (exact) mass is 396 g/mol. The number of nitrogens with two attached hydrogens (primary N) is 1. The van der Waals surface area contributed by atoms with Gasteiger partial charge in [0.2, 0.25) is 0 Å². The number of hydrogen-bond acceptors (Lipinski definition) is 3. The zero-order valence-corrected chi connectivity index (χ0v) is 17.3. The van der Waals surface area contributed by atoms with E-state index in [0.29, 0.717) is 11.1 Å². The van der Waals surface area contributed by atoms with Crippen LogP contribution in [0.25, 0.3) is 28.0 Å². The average Bonchev–Trinajstić information content (AvgIpc) is 3.11. The van der Waals surface area contributed by atoms with Gasteiger partial charge in [-0.05, 0) is 51.0 Å². The third kappa shape index (κ3) is 3.43. The molecule has 3 aromatic rings. The lowest BCUT2D eigenvalue weighted by atomic mass is 9.90. The molecule has 5 nitrogen and oxygen atoms in total. The van der Waals surface area contributed by atoms with E-state index in [1.807, 2.05) is 6.07 Å². The number of fused-ring (bicyclic) bond motifs is 1. The third-order valence-electron chi connectivity index (χ3n) is 5.06. The molecule has 0 saturated carbocycles.